The first-order valence-electron chi connectivity index (χ1n) is 8.62. The fraction of sp³-hybridized carbons (Fsp3) is 0.400. The van der Waals surface area contributed by atoms with Gasteiger partial charge in [0.15, 0.2) is 0 Å². The van der Waals surface area contributed by atoms with Crippen molar-refractivity contribution in [3.8, 4) is 5.75 Å². The number of aromatic nitrogens is 1. The van der Waals surface area contributed by atoms with Crippen molar-refractivity contribution in [1.29, 1.82) is 0 Å². The number of hydrogen-bond donors (Lipinski definition) is 0. The molecule has 1 heterocycles. The summed E-state index contributed by atoms with van der Waals surface area (Å²) in [5.74, 6) is 1.11. The first-order valence-corrected chi connectivity index (χ1v) is 8.62. The molecule has 0 bridgehead atoms. The summed E-state index contributed by atoms with van der Waals surface area (Å²) in [5, 5.41) is 0. The predicted molar refractivity (Wildman–Crippen MR) is 95.0 cm³/mol. The number of amides is 1. The monoisotopic (exact) mass is 324 g/mol. The Morgan fingerprint density at radius 3 is 2.75 bits per heavy atom. The van der Waals surface area contributed by atoms with Crippen molar-refractivity contribution in [2.75, 3.05) is 12.0 Å². The summed E-state index contributed by atoms with van der Waals surface area (Å²) in [6.07, 6.45) is 9.10. The van der Waals surface area contributed by atoms with Crippen molar-refractivity contribution in [3.05, 3.63) is 54.4 Å². The van der Waals surface area contributed by atoms with Gasteiger partial charge in [0.2, 0.25) is 5.91 Å². The van der Waals surface area contributed by atoms with E-state index in [-0.39, 0.29) is 11.8 Å². The summed E-state index contributed by atoms with van der Waals surface area (Å²) in [6.45, 7) is 0.538. The Balaban J connectivity index is 1.88. The fourth-order valence-corrected chi connectivity index (χ4v) is 3.32. The van der Waals surface area contributed by atoms with Crippen molar-refractivity contribution < 1.29 is 9.53 Å². The Morgan fingerprint density at radius 2 is 2.04 bits per heavy atom. The summed E-state index contributed by atoms with van der Waals surface area (Å²) in [5.41, 5.74) is 1.92. The van der Waals surface area contributed by atoms with Gasteiger partial charge in [0, 0.05) is 30.1 Å². The second-order valence-corrected chi connectivity index (χ2v) is 6.32. The summed E-state index contributed by atoms with van der Waals surface area (Å²) < 4.78 is 5.33. The molecule has 1 saturated carbocycles. The molecule has 126 valence electrons. The lowest BCUT2D eigenvalue weighted by molar-refractivity contribution is -0.123. The maximum atomic E-state index is 13.2. The van der Waals surface area contributed by atoms with Crippen LogP contribution in [0.5, 0.6) is 5.75 Å². The number of pyridine rings is 1. The van der Waals surface area contributed by atoms with E-state index in [0.717, 1.165) is 42.7 Å². The number of hydrogen-bond acceptors (Lipinski definition) is 3. The molecule has 1 aromatic carbocycles. The highest BCUT2D eigenvalue weighted by Crippen LogP contribution is 2.30. The lowest BCUT2D eigenvalue weighted by atomic mass is 9.88. The van der Waals surface area contributed by atoms with Gasteiger partial charge < -0.3 is 9.64 Å². The smallest absolute Gasteiger partial charge is 0.230 e. The van der Waals surface area contributed by atoms with Crippen LogP contribution in [0.1, 0.15) is 37.7 Å². The SMILES string of the molecule is COc1cccc(N(Cc2cccnc2)C(=O)C2CCCCC2)c1. The van der Waals surface area contributed by atoms with Gasteiger partial charge in [-0.1, -0.05) is 31.4 Å². The molecule has 0 N–H and O–H groups in total. The molecule has 3 rings (SSSR count). The van der Waals surface area contributed by atoms with Gasteiger partial charge in [0.25, 0.3) is 0 Å². The third-order valence-electron chi connectivity index (χ3n) is 4.65. The topological polar surface area (TPSA) is 42.4 Å². The number of methoxy groups -OCH3 is 1. The van der Waals surface area contributed by atoms with E-state index in [9.17, 15) is 4.79 Å². The third kappa shape index (κ3) is 3.94. The molecule has 0 radical (unpaired) electrons. The highest BCUT2D eigenvalue weighted by atomic mass is 16.5. The normalized spacial score (nSPS) is 15.0. The molecule has 0 saturated heterocycles. The van der Waals surface area contributed by atoms with E-state index in [1.165, 1.54) is 6.42 Å². The van der Waals surface area contributed by atoms with E-state index in [0.29, 0.717) is 6.54 Å². The molecule has 0 atom stereocenters. The van der Waals surface area contributed by atoms with Crippen LogP contribution < -0.4 is 9.64 Å². The molecule has 2 aromatic rings. The van der Waals surface area contributed by atoms with E-state index in [1.54, 1.807) is 13.3 Å². The van der Waals surface area contributed by atoms with Crippen LogP contribution in [0.25, 0.3) is 0 Å². The molecule has 0 unspecified atom stereocenters. The summed E-state index contributed by atoms with van der Waals surface area (Å²) in [7, 11) is 1.65. The standard InChI is InChI=1S/C20H24N2O2/c1-24-19-11-5-10-18(13-19)22(15-16-7-6-12-21-14-16)20(23)17-8-3-2-4-9-17/h5-7,10-14,17H,2-4,8-9,15H2,1H3. The van der Waals surface area contributed by atoms with Gasteiger partial charge in [-0.25, -0.2) is 0 Å². The first kappa shape index (κ1) is 16.5. The van der Waals surface area contributed by atoms with Crippen LogP contribution in [0.3, 0.4) is 0 Å². The molecule has 4 nitrogen and oxygen atoms in total. The number of benzene rings is 1. The van der Waals surface area contributed by atoms with E-state index in [2.05, 4.69) is 4.98 Å². The van der Waals surface area contributed by atoms with Crippen LogP contribution in [-0.4, -0.2) is 18.0 Å². The molecule has 1 aliphatic carbocycles. The fourth-order valence-electron chi connectivity index (χ4n) is 3.32. The van der Waals surface area contributed by atoms with E-state index in [1.807, 2.05) is 47.5 Å². The van der Waals surface area contributed by atoms with Crippen molar-refractivity contribution in [1.82, 2.24) is 4.98 Å². The number of rotatable bonds is 5. The average Bonchev–Trinajstić information content (AvgIpc) is 2.67. The quantitative estimate of drug-likeness (QED) is 0.827. The van der Waals surface area contributed by atoms with E-state index in [4.69, 9.17) is 4.74 Å². The maximum absolute atomic E-state index is 13.2. The number of carbonyl (C=O) groups excluding carboxylic acids is 1. The van der Waals surface area contributed by atoms with Crippen LogP contribution in [0.4, 0.5) is 5.69 Å². The molecule has 0 spiro atoms. The average molecular weight is 324 g/mol. The lowest BCUT2D eigenvalue weighted by Crippen LogP contribution is -2.36. The van der Waals surface area contributed by atoms with Crippen LogP contribution in [0.2, 0.25) is 0 Å². The van der Waals surface area contributed by atoms with Crippen LogP contribution in [0, 0.1) is 5.92 Å². The Bertz CT molecular complexity index is 666. The highest BCUT2D eigenvalue weighted by molar-refractivity contribution is 5.95. The van der Waals surface area contributed by atoms with Crippen molar-refractivity contribution >= 4 is 11.6 Å². The number of anilines is 1. The van der Waals surface area contributed by atoms with Crippen molar-refractivity contribution in [3.63, 3.8) is 0 Å². The molecule has 24 heavy (non-hydrogen) atoms. The molecule has 0 aliphatic heterocycles. The molecule has 1 aromatic heterocycles. The second-order valence-electron chi connectivity index (χ2n) is 6.32. The third-order valence-corrected chi connectivity index (χ3v) is 4.65. The largest absolute Gasteiger partial charge is 0.497 e. The molecular weight excluding hydrogens is 300 g/mol. The van der Waals surface area contributed by atoms with Gasteiger partial charge in [-0.2, -0.15) is 0 Å². The Hall–Kier alpha value is -2.36. The van der Waals surface area contributed by atoms with E-state index < -0.39 is 0 Å². The van der Waals surface area contributed by atoms with Crippen molar-refractivity contribution in [2.45, 2.75) is 38.6 Å². The minimum atomic E-state index is 0.127. The van der Waals surface area contributed by atoms with Gasteiger partial charge in [-0.3, -0.25) is 9.78 Å². The van der Waals surface area contributed by atoms with Crippen LogP contribution in [-0.2, 0) is 11.3 Å². The summed E-state index contributed by atoms with van der Waals surface area (Å²) in [4.78, 5) is 19.2. The predicted octanol–water partition coefficient (Wildman–Crippen LogP) is 4.20. The van der Waals surface area contributed by atoms with Gasteiger partial charge in [-0.15, -0.1) is 0 Å². The summed E-state index contributed by atoms with van der Waals surface area (Å²) in [6, 6.07) is 11.6. The van der Waals surface area contributed by atoms with Gasteiger partial charge in [0.05, 0.1) is 13.7 Å². The zero-order valence-corrected chi connectivity index (χ0v) is 14.1. The number of nitrogens with zero attached hydrogens (tertiary/aromatic N) is 2. The van der Waals surface area contributed by atoms with Crippen molar-refractivity contribution in [2.24, 2.45) is 5.92 Å². The zero-order valence-electron chi connectivity index (χ0n) is 14.1. The minimum absolute atomic E-state index is 0.127. The molecule has 4 heteroatoms. The Morgan fingerprint density at radius 1 is 1.21 bits per heavy atom. The zero-order chi connectivity index (χ0) is 16.8. The number of carbonyl (C=O) groups is 1. The minimum Gasteiger partial charge on any atom is -0.497 e. The summed E-state index contributed by atoms with van der Waals surface area (Å²) >= 11 is 0. The van der Waals surface area contributed by atoms with E-state index >= 15 is 0 Å². The molecule has 1 aliphatic rings. The van der Waals surface area contributed by atoms with Crippen LogP contribution in [0.15, 0.2) is 48.8 Å². The molecule has 1 amide bonds. The second kappa shape index (κ2) is 7.95. The van der Waals surface area contributed by atoms with Gasteiger partial charge >= 0.3 is 0 Å². The number of ether oxygens (including phenoxy) is 1. The lowest BCUT2D eigenvalue weighted by Gasteiger charge is -2.29. The Labute approximate surface area is 143 Å². The molecular formula is C20H24N2O2. The highest BCUT2D eigenvalue weighted by Gasteiger charge is 2.27. The Kier molecular flexibility index (Phi) is 5.47. The van der Waals surface area contributed by atoms with Gasteiger partial charge in [0.1, 0.15) is 5.75 Å². The maximum Gasteiger partial charge on any atom is 0.230 e. The van der Waals surface area contributed by atoms with Gasteiger partial charge in [-0.05, 0) is 36.6 Å². The van der Waals surface area contributed by atoms with Crippen LogP contribution >= 0.6 is 0 Å². The first-order chi connectivity index (χ1) is 11.8. The molecule has 1 fully saturated rings.